The minimum atomic E-state index is -1.16. The van der Waals surface area contributed by atoms with Gasteiger partial charge in [0, 0.05) is 15.6 Å². The molecule has 0 bridgehead atoms. The van der Waals surface area contributed by atoms with Crippen molar-refractivity contribution in [3.8, 4) is 11.8 Å². The minimum absolute atomic E-state index is 0.767. The molecule has 0 aromatic heterocycles. The Balaban J connectivity index is 2.05. The van der Waals surface area contributed by atoms with Crippen molar-refractivity contribution in [3.05, 3.63) is 112 Å². The first kappa shape index (κ1) is 18.2. The second-order valence-electron chi connectivity index (χ2n) is 6.14. The summed E-state index contributed by atoms with van der Waals surface area (Å²) >= 11 is 3.44. The number of halogens is 1. The molecular weight excluding hydrogens is 384 g/mol. The van der Waals surface area contributed by atoms with E-state index in [1.807, 2.05) is 91.0 Å². The highest BCUT2D eigenvalue weighted by Gasteiger charge is 2.29. The van der Waals surface area contributed by atoms with Crippen molar-refractivity contribution in [2.45, 2.75) is 12.5 Å². The van der Waals surface area contributed by atoms with Crippen molar-refractivity contribution < 1.29 is 5.11 Å². The van der Waals surface area contributed by atoms with Crippen LogP contribution in [0, 0.1) is 11.8 Å². The Kier molecular flexibility index (Phi) is 5.73. The molecule has 3 aromatic rings. The Bertz CT molecular complexity index is 944. The molecule has 0 radical (unpaired) electrons. The van der Waals surface area contributed by atoms with Crippen LogP contribution in [0.25, 0.3) is 5.57 Å². The summed E-state index contributed by atoms with van der Waals surface area (Å²) in [6.45, 7) is 1.80. The maximum Gasteiger partial charge on any atom is 0.113 e. The molecule has 1 N–H and O–H groups in total. The van der Waals surface area contributed by atoms with Crippen molar-refractivity contribution in [3.63, 3.8) is 0 Å². The number of aliphatic hydroxyl groups is 1. The Morgan fingerprint density at radius 2 is 1.46 bits per heavy atom. The Labute approximate surface area is 163 Å². The molecule has 0 aliphatic rings. The van der Waals surface area contributed by atoms with Gasteiger partial charge in [0.1, 0.15) is 5.60 Å². The molecule has 0 fully saturated rings. The predicted molar refractivity (Wildman–Crippen MR) is 111 cm³/mol. The molecule has 0 amide bonds. The second-order valence-corrected chi connectivity index (χ2v) is 7.05. The zero-order valence-electron chi connectivity index (χ0n) is 14.5. The molecule has 0 spiro atoms. The van der Waals surface area contributed by atoms with Crippen LogP contribution in [-0.4, -0.2) is 5.11 Å². The van der Waals surface area contributed by atoms with E-state index in [1.165, 1.54) is 0 Å². The molecule has 1 atom stereocenters. The van der Waals surface area contributed by atoms with E-state index in [4.69, 9.17) is 0 Å². The maximum atomic E-state index is 11.3. The van der Waals surface area contributed by atoms with Crippen molar-refractivity contribution in [2.75, 3.05) is 0 Å². The van der Waals surface area contributed by atoms with Crippen molar-refractivity contribution in [1.82, 2.24) is 0 Å². The van der Waals surface area contributed by atoms with Crippen LogP contribution < -0.4 is 0 Å². The fourth-order valence-electron chi connectivity index (χ4n) is 2.77. The lowest BCUT2D eigenvalue weighted by Gasteiger charge is -2.27. The highest BCUT2D eigenvalue weighted by Crippen LogP contribution is 2.36. The van der Waals surface area contributed by atoms with Gasteiger partial charge in [0.05, 0.1) is 0 Å². The monoisotopic (exact) mass is 402 g/mol. The third-order valence-electron chi connectivity index (χ3n) is 4.22. The molecular formula is C24H19BrO. The average Bonchev–Trinajstić information content (AvgIpc) is 2.67. The van der Waals surface area contributed by atoms with Gasteiger partial charge >= 0.3 is 0 Å². The summed E-state index contributed by atoms with van der Waals surface area (Å²) in [5.41, 5.74) is 2.32. The van der Waals surface area contributed by atoms with E-state index < -0.39 is 5.60 Å². The number of hydrogen-bond donors (Lipinski definition) is 1. The predicted octanol–water partition coefficient (Wildman–Crippen LogP) is 5.79. The van der Waals surface area contributed by atoms with Crippen molar-refractivity contribution >= 4 is 21.5 Å². The lowest BCUT2D eigenvalue weighted by Crippen LogP contribution is -2.23. The topological polar surface area (TPSA) is 20.2 Å². The molecule has 0 aliphatic heterocycles. The molecule has 0 aliphatic carbocycles. The van der Waals surface area contributed by atoms with Gasteiger partial charge in [-0.25, -0.2) is 0 Å². The van der Waals surface area contributed by atoms with Crippen molar-refractivity contribution in [1.29, 1.82) is 0 Å². The van der Waals surface area contributed by atoms with E-state index >= 15 is 0 Å². The van der Waals surface area contributed by atoms with Gasteiger partial charge in [-0.2, -0.15) is 0 Å². The van der Waals surface area contributed by atoms with Gasteiger partial charge in [-0.1, -0.05) is 88.4 Å². The first-order valence-electron chi connectivity index (χ1n) is 8.38. The number of benzene rings is 3. The zero-order chi connectivity index (χ0) is 18.4. The van der Waals surface area contributed by atoms with Gasteiger partial charge in [0.15, 0.2) is 0 Å². The molecule has 1 unspecified atom stereocenters. The SMILES string of the molecule is CC(O)(/C(=C\C#Cc1ccccc1)c1ccccc1)c1ccc(Br)cc1. The molecule has 26 heavy (non-hydrogen) atoms. The fraction of sp³-hybridized carbons (Fsp3) is 0.0833. The Morgan fingerprint density at radius 1 is 0.885 bits per heavy atom. The van der Waals surface area contributed by atoms with Crippen LogP contribution in [0.15, 0.2) is 95.5 Å². The molecule has 3 aromatic carbocycles. The zero-order valence-corrected chi connectivity index (χ0v) is 16.1. The first-order valence-corrected chi connectivity index (χ1v) is 9.18. The lowest BCUT2D eigenvalue weighted by atomic mass is 9.83. The second kappa shape index (κ2) is 8.19. The standard InChI is InChI=1S/C24H19BrO/c1-24(26,21-15-17-22(25)18-16-21)23(20-12-6-3-7-13-20)14-8-11-19-9-4-2-5-10-19/h2-7,9-10,12-18,26H,1H3/b23-14-. The summed E-state index contributed by atoms with van der Waals surface area (Å²) in [6, 6.07) is 27.4. The number of allylic oxidation sites excluding steroid dienone is 1. The fourth-order valence-corrected chi connectivity index (χ4v) is 3.03. The van der Waals surface area contributed by atoms with Crippen LogP contribution in [0.4, 0.5) is 0 Å². The van der Waals surface area contributed by atoms with E-state index in [9.17, 15) is 5.11 Å². The van der Waals surface area contributed by atoms with Gasteiger partial charge in [-0.3, -0.25) is 0 Å². The third-order valence-corrected chi connectivity index (χ3v) is 4.75. The lowest BCUT2D eigenvalue weighted by molar-refractivity contribution is 0.122. The molecule has 0 saturated carbocycles. The van der Waals surface area contributed by atoms with E-state index in [2.05, 4.69) is 27.8 Å². The Hall–Kier alpha value is -2.60. The molecule has 128 valence electrons. The van der Waals surface area contributed by atoms with Crippen molar-refractivity contribution in [2.24, 2.45) is 0 Å². The third kappa shape index (κ3) is 4.32. The molecule has 0 heterocycles. The van der Waals surface area contributed by atoms with Crippen LogP contribution in [0.5, 0.6) is 0 Å². The highest BCUT2D eigenvalue weighted by molar-refractivity contribution is 9.10. The van der Waals surface area contributed by atoms with Crippen LogP contribution in [0.1, 0.15) is 23.6 Å². The molecule has 2 heteroatoms. The van der Waals surface area contributed by atoms with Gasteiger partial charge in [0.25, 0.3) is 0 Å². The summed E-state index contributed by atoms with van der Waals surface area (Å²) in [6.07, 6.45) is 1.81. The van der Waals surface area contributed by atoms with Gasteiger partial charge in [0.2, 0.25) is 0 Å². The average molecular weight is 403 g/mol. The minimum Gasteiger partial charge on any atom is -0.381 e. The summed E-state index contributed by atoms with van der Waals surface area (Å²) in [4.78, 5) is 0. The highest BCUT2D eigenvalue weighted by atomic mass is 79.9. The maximum absolute atomic E-state index is 11.3. The quantitative estimate of drug-likeness (QED) is 0.549. The van der Waals surface area contributed by atoms with Crippen LogP contribution in [-0.2, 0) is 5.60 Å². The van der Waals surface area contributed by atoms with E-state index in [0.717, 1.165) is 26.7 Å². The Morgan fingerprint density at radius 3 is 2.08 bits per heavy atom. The van der Waals surface area contributed by atoms with Crippen LogP contribution in [0.3, 0.4) is 0 Å². The molecule has 3 rings (SSSR count). The summed E-state index contributed by atoms with van der Waals surface area (Å²) in [5, 5.41) is 11.3. The van der Waals surface area contributed by atoms with Gasteiger partial charge in [-0.15, -0.1) is 0 Å². The van der Waals surface area contributed by atoms with E-state index in [1.54, 1.807) is 6.92 Å². The van der Waals surface area contributed by atoms with Gasteiger partial charge < -0.3 is 5.11 Å². The molecule has 0 saturated heterocycles. The normalized spacial score (nSPS) is 13.4. The van der Waals surface area contributed by atoms with Crippen LogP contribution >= 0.6 is 15.9 Å². The van der Waals surface area contributed by atoms with Gasteiger partial charge in [-0.05, 0) is 48.4 Å². The summed E-state index contributed by atoms with van der Waals surface area (Å²) < 4.78 is 0.978. The van der Waals surface area contributed by atoms with Crippen LogP contribution in [0.2, 0.25) is 0 Å². The number of hydrogen-bond acceptors (Lipinski definition) is 1. The summed E-state index contributed by atoms with van der Waals surface area (Å²) in [7, 11) is 0. The smallest absolute Gasteiger partial charge is 0.113 e. The number of rotatable bonds is 3. The first-order chi connectivity index (χ1) is 12.6. The largest absolute Gasteiger partial charge is 0.381 e. The van der Waals surface area contributed by atoms with E-state index in [0.29, 0.717) is 0 Å². The summed E-state index contributed by atoms with van der Waals surface area (Å²) in [5.74, 6) is 6.24. The van der Waals surface area contributed by atoms with E-state index in [-0.39, 0.29) is 0 Å². The molecule has 1 nitrogen and oxygen atoms in total.